The van der Waals surface area contributed by atoms with Gasteiger partial charge in [-0.2, -0.15) is 0 Å². The third-order valence-electron chi connectivity index (χ3n) is 2.81. The summed E-state index contributed by atoms with van der Waals surface area (Å²) in [7, 11) is 0. The van der Waals surface area contributed by atoms with Crippen LogP contribution in [0.2, 0.25) is 0 Å². The van der Waals surface area contributed by atoms with Crippen molar-refractivity contribution < 1.29 is 9.53 Å². The molecule has 1 fully saturated rings. The first kappa shape index (κ1) is 13.2. The molecule has 4 nitrogen and oxygen atoms in total. The second-order valence-corrected chi connectivity index (χ2v) is 5.94. The molecule has 1 amide bonds. The Morgan fingerprint density at radius 2 is 2.22 bits per heavy atom. The Morgan fingerprint density at radius 3 is 2.83 bits per heavy atom. The van der Waals surface area contributed by atoms with E-state index in [0.717, 1.165) is 6.54 Å². The number of hydrogen-bond acceptors (Lipinski definition) is 4. The van der Waals surface area contributed by atoms with Gasteiger partial charge in [0.05, 0.1) is 5.37 Å². The number of amides is 1. The summed E-state index contributed by atoms with van der Waals surface area (Å²) in [6.45, 7) is 3.23. The average Bonchev–Trinajstić information content (AvgIpc) is 2.37. The SMILES string of the molecule is CC1CCNC(c2ccc(OCC(N)=O)cc2)S1. The van der Waals surface area contributed by atoms with Gasteiger partial charge in [-0.1, -0.05) is 19.1 Å². The lowest BCUT2D eigenvalue weighted by Gasteiger charge is -2.28. The molecule has 5 heteroatoms. The van der Waals surface area contributed by atoms with E-state index in [1.165, 1.54) is 12.0 Å². The predicted octanol–water partition coefficient (Wildman–Crippen LogP) is 1.66. The topological polar surface area (TPSA) is 64.3 Å². The second-order valence-electron chi connectivity index (χ2n) is 4.39. The van der Waals surface area contributed by atoms with Crippen molar-refractivity contribution in [1.82, 2.24) is 5.32 Å². The van der Waals surface area contributed by atoms with Gasteiger partial charge in [0.15, 0.2) is 6.61 Å². The molecule has 3 N–H and O–H groups in total. The van der Waals surface area contributed by atoms with Gasteiger partial charge in [0, 0.05) is 5.25 Å². The molecule has 98 valence electrons. The highest BCUT2D eigenvalue weighted by Gasteiger charge is 2.19. The van der Waals surface area contributed by atoms with E-state index in [9.17, 15) is 4.79 Å². The summed E-state index contributed by atoms with van der Waals surface area (Å²) in [4.78, 5) is 10.6. The number of nitrogens with one attached hydrogen (secondary N) is 1. The number of ether oxygens (including phenoxy) is 1. The molecule has 0 aliphatic carbocycles. The van der Waals surface area contributed by atoms with E-state index in [-0.39, 0.29) is 6.61 Å². The fourth-order valence-corrected chi connectivity index (χ4v) is 3.10. The van der Waals surface area contributed by atoms with Crippen molar-refractivity contribution in [3.8, 4) is 5.75 Å². The van der Waals surface area contributed by atoms with Gasteiger partial charge in [0.1, 0.15) is 5.75 Å². The van der Waals surface area contributed by atoms with Gasteiger partial charge in [-0.25, -0.2) is 0 Å². The van der Waals surface area contributed by atoms with E-state index in [4.69, 9.17) is 10.5 Å². The van der Waals surface area contributed by atoms with Crippen LogP contribution in [0.1, 0.15) is 24.3 Å². The monoisotopic (exact) mass is 266 g/mol. The van der Waals surface area contributed by atoms with Crippen LogP contribution in [0.15, 0.2) is 24.3 Å². The lowest BCUT2D eigenvalue weighted by atomic mass is 10.2. The largest absolute Gasteiger partial charge is 0.484 e. The maximum absolute atomic E-state index is 10.6. The molecule has 1 aromatic rings. The van der Waals surface area contributed by atoms with Crippen LogP contribution >= 0.6 is 11.8 Å². The Labute approximate surface area is 111 Å². The Kier molecular flexibility index (Phi) is 4.49. The summed E-state index contributed by atoms with van der Waals surface area (Å²) in [6.07, 6.45) is 1.21. The smallest absolute Gasteiger partial charge is 0.255 e. The van der Waals surface area contributed by atoms with Gasteiger partial charge in [-0.3, -0.25) is 4.79 Å². The van der Waals surface area contributed by atoms with Gasteiger partial charge in [-0.05, 0) is 30.7 Å². The van der Waals surface area contributed by atoms with Gasteiger partial charge in [0.2, 0.25) is 0 Å². The van der Waals surface area contributed by atoms with Crippen molar-refractivity contribution in [2.24, 2.45) is 5.73 Å². The molecular formula is C13H18N2O2S. The number of nitrogens with two attached hydrogens (primary N) is 1. The highest BCUT2D eigenvalue weighted by atomic mass is 32.2. The first-order valence-electron chi connectivity index (χ1n) is 6.05. The minimum Gasteiger partial charge on any atom is -0.484 e. The number of rotatable bonds is 4. The summed E-state index contributed by atoms with van der Waals surface area (Å²) in [6, 6.07) is 7.80. The van der Waals surface area contributed by atoms with Crippen molar-refractivity contribution >= 4 is 17.7 Å². The first-order chi connectivity index (χ1) is 8.65. The molecule has 2 rings (SSSR count). The summed E-state index contributed by atoms with van der Waals surface area (Å²) < 4.78 is 5.23. The van der Waals surface area contributed by atoms with Crippen LogP contribution in [0, 0.1) is 0 Å². The van der Waals surface area contributed by atoms with Gasteiger partial charge >= 0.3 is 0 Å². The van der Waals surface area contributed by atoms with Crippen molar-refractivity contribution in [2.45, 2.75) is 24.0 Å². The Morgan fingerprint density at radius 1 is 1.50 bits per heavy atom. The van der Waals surface area contributed by atoms with Crippen LogP contribution in [-0.4, -0.2) is 24.3 Å². The third-order valence-corrected chi connectivity index (χ3v) is 4.22. The lowest BCUT2D eigenvalue weighted by Crippen LogP contribution is -2.28. The molecular weight excluding hydrogens is 248 g/mol. The van der Waals surface area contributed by atoms with Crippen LogP contribution in [0.25, 0.3) is 0 Å². The number of primary amides is 1. The predicted molar refractivity (Wildman–Crippen MR) is 73.5 cm³/mol. The molecule has 2 unspecified atom stereocenters. The summed E-state index contributed by atoms with van der Waals surface area (Å²) in [5, 5.41) is 4.51. The maximum Gasteiger partial charge on any atom is 0.255 e. The van der Waals surface area contributed by atoms with E-state index in [1.807, 2.05) is 36.0 Å². The number of carbonyl (C=O) groups excluding carboxylic acids is 1. The molecule has 1 heterocycles. The number of benzene rings is 1. The molecule has 1 aliphatic heterocycles. The summed E-state index contributed by atoms with van der Waals surface area (Å²) in [5.41, 5.74) is 6.26. The highest BCUT2D eigenvalue weighted by Crippen LogP contribution is 2.34. The third kappa shape index (κ3) is 3.65. The van der Waals surface area contributed by atoms with E-state index < -0.39 is 5.91 Å². The van der Waals surface area contributed by atoms with E-state index in [2.05, 4.69) is 12.2 Å². The van der Waals surface area contributed by atoms with E-state index in [0.29, 0.717) is 16.4 Å². The minimum absolute atomic E-state index is 0.0766. The van der Waals surface area contributed by atoms with Gasteiger partial charge in [0.25, 0.3) is 5.91 Å². The molecule has 0 radical (unpaired) electrons. The highest BCUT2D eigenvalue weighted by molar-refractivity contribution is 8.00. The Bertz CT molecular complexity index is 408. The maximum atomic E-state index is 10.6. The molecule has 0 saturated carbocycles. The number of carbonyl (C=O) groups is 1. The summed E-state index contributed by atoms with van der Waals surface area (Å²) in [5.74, 6) is 0.212. The van der Waals surface area contributed by atoms with E-state index >= 15 is 0 Å². The van der Waals surface area contributed by atoms with Crippen LogP contribution in [-0.2, 0) is 4.79 Å². The summed E-state index contributed by atoms with van der Waals surface area (Å²) >= 11 is 1.94. The minimum atomic E-state index is -0.461. The molecule has 1 aromatic carbocycles. The Hall–Kier alpha value is -1.20. The van der Waals surface area contributed by atoms with Crippen LogP contribution in [0.5, 0.6) is 5.75 Å². The Balaban J connectivity index is 1.96. The number of hydrogen-bond donors (Lipinski definition) is 2. The normalized spacial score (nSPS) is 23.6. The van der Waals surface area contributed by atoms with Gasteiger partial charge < -0.3 is 15.8 Å². The molecule has 2 atom stereocenters. The van der Waals surface area contributed by atoms with Crippen LogP contribution < -0.4 is 15.8 Å². The molecule has 0 bridgehead atoms. The van der Waals surface area contributed by atoms with Crippen molar-refractivity contribution in [1.29, 1.82) is 0 Å². The van der Waals surface area contributed by atoms with Crippen LogP contribution in [0.3, 0.4) is 0 Å². The quantitative estimate of drug-likeness (QED) is 0.870. The van der Waals surface area contributed by atoms with Crippen molar-refractivity contribution in [2.75, 3.05) is 13.2 Å². The molecule has 0 spiro atoms. The zero-order chi connectivity index (χ0) is 13.0. The fraction of sp³-hybridized carbons (Fsp3) is 0.462. The van der Waals surface area contributed by atoms with E-state index in [1.54, 1.807) is 0 Å². The lowest BCUT2D eigenvalue weighted by molar-refractivity contribution is -0.119. The zero-order valence-electron chi connectivity index (χ0n) is 10.4. The molecule has 0 aromatic heterocycles. The standard InChI is InChI=1S/C13H18N2O2S/c1-9-6-7-15-13(18-9)10-2-4-11(5-3-10)17-8-12(14)16/h2-5,9,13,15H,6-8H2,1H3,(H2,14,16). The first-order valence-corrected chi connectivity index (χ1v) is 6.99. The number of thioether (sulfide) groups is 1. The zero-order valence-corrected chi connectivity index (χ0v) is 11.2. The second kappa shape index (κ2) is 6.11. The van der Waals surface area contributed by atoms with Gasteiger partial charge in [-0.15, -0.1) is 11.8 Å². The fourth-order valence-electron chi connectivity index (χ4n) is 1.86. The molecule has 1 saturated heterocycles. The van der Waals surface area contributed by atoms with Crippen molar-refractivity contribution in [3.05, 3.63) is 29.8 Å². The average molecular weight is 266 g/mol. The molecule has 1 aliphatic rings. The van der Waals surface area contributed by atoms with Crippen molar-refractivity contribution in [3.63, 3.8) is 0 Å². The molecule has 18 heavy (non-hydrogen) atoms. The van der Waals surface area contributed by atoms with Crippen LogP contribution in [0.4, 0.5) is 0 Å².